The summed E-state index contributed by atoms with van der Waals surface area (Å²) in [4.78, 5) is 16.5. The lowest BCUT2D eigenvalue weighted by Crippen LogP contribution is -2.32. The highest BCUT2D eigenvalue weighted by Gasteiger charge is 2.31. The fourth-order valence-electron chi connectivity index (χ4n) is 2.14. The predicted octanol–water partition coefficient (Wildman–Crippen LogP) is 3.28. The lowest BCUT2D eigenvalue weighted by Gasteiger charge is -2.22. The van der Waals surface area contributed by atoms with Gasteiger partial charge in [-0.3, -0.25) is 5.43 Å². The SMILES string of the molecule is COC(=O)C1=NNC(=Nc2ccccc2)S[C@H]1c1ccccc1. The van der Waals surface area contributed by atoms with Crippen LogP contribution in [-0.4, -0.2) is 24.0 Å². The summed E-state index contributed by atoms with van der Waals surface area (Å²) in [5, 5.41) is 4.56. The molecule has 1 heterocycles. The smallest absolute Gasteiger partial charge is 0.355 e. The van der Waals surface area contributed by atoms with Crippen LogP contribution in [0.1, 0.15) is 10.8 Å². The molecule has 0 unspecified atom stereocenters. The van der Waals surface area contributed by atoms with Crippen molar-refractivity contribution in [3.05, 3.63) is 66.2 Å². The summed E-state index contributed by atoms with van der Waals surface area (Å²) in [6.07, 6.45) is 0. The summed E-state index contributed by atoms with van der Waals surface area (Å²) >= 11 is 1.44. The highest BCUT2D eigenvalue weighted by atomic mass is 32.2. The van der Waals surface area contributed by atoms with Crippen molar-refractivity contribution in [1.29, 1.82) is 0 Å². The second-order valence-electron chi connectivity index (χ2n) is 4.76. The molecule has 23 heavy (non-hydrogen) atoms. The van der Waals surface area contributed by atoms with Gasteiger partial charge in [-0.15, -0.1) is 0 Å². The van der Waals surface area contributed by atoms with Crippen LogP contribution in [0, 0.1) is 0 Å². The Morgan fingerprint density at radius 2 is 1.78 bits per heavy atom. The fraction of sp³-hybridized carbons (Fsp3) is 0.118. The van der Waals surface area contributed by atoms with Crippen LogP contribution in [0.4, 0.5) is 5.69 Å². The molecule has 2 aromatic carbocycles. The van der Waals surface area contributed by atoms with Crippen molar-refractivity contribution >= 4 is 34.3 Å². The molecule has 1 N–H and O–H groups in total. The molecule has 2 aromatic rings. The van der Waals surface area contributed by atoms with Gasteiger partial charge in [0.15, 0.2) is 10.9 Å². The molecule has 0 saturated heterocycles. The number of para-hydroxylation sites is 1. The Balaban J connectivity index is 1.94. The van der Waals surface area contributed by atoms with Crippen LogP contribution in [0.3, 0.4) is 0 Å². The number of nitrogens with one attached hydrogen (secondary N) is 1. The molecule has 0 aromatic heterocycles. The fourth-order valence-corrected chi connectivity index (χ4v) is 3.18. The number of methoxy groups -OCH3 is 1. The minimum atomic E-state index is -0.447. The Morgan fingerprint density at radius 3 is 2.43 bits per heavy atom. The van der Waals surface area contributed by atoms with Crippen LogP contribution >= 0.6 is 11.8 Å². The van der Waals surface area contributed by atoms with E-state index in [4.69, 9.17) is 4.74 Å². The van der Waals surface area contributed by atoms with Gasteiger partial charge in [0.25, 0.3) is 0 Å². The lowest BCUT2D eigenvalue weighted by atomic mass is 10.1. The third-order valence-electron chi connectivity index (χ3n) is 3.23. The number of benzene rings is 2. The molecule has 0 radical (unpaired) electrons. The lowest BCUT2D eigenvalue weighted by molar-refractivity contribution is -0.132. The van der Waals surface area contributed by atoms with E-state index in [-0.39, 0.29) is 5.25 Å². The highest BCUT2D eigenvalue weighted by Crippen LogP contribution is 2.34. The monoisotopic (exact) mass is 325 g/mol. The number of carbonyl (C=O) groups is 1. The van der Waals surface area contributed by atoms with Crippen LogP contribution in [0.2, 0.25) is 0 Å². The summed E-state index contributed by atoms with van der Waals surface area (Å²) in [6.45, 7) is 0. The van der Waals surface area contributed by atoms with E-state index in [1.54, 1.807) is 0 Å². The number of hydrogen-bond acceptors (Lipinski definition) is 5. The topological polar surface area (TPSA) is 63.0 Å². The van der Waals surface area contributed by atoms with Crippen LogP contribution in [0.25, 0.3) is 0 Å². The molecule has 0 fully saturated rings. The van der Waals surface area contributed by atoms with E-state index in [0.717, 1.165) is 11.3 Å². The van der Waals surface area contributed by atoms with Crippen molar-refractivity contribution in [2.75, 3.05) is 7.11 Å². The summed E-state index contributed by atoms with van der Waals surface area (Å²) in [5.41, 5.74) is 4.96. The average Bonchev–Trinajstić information content (AvgIpc) is 2.62. The van der Waals surface area contributed by atoms with Gasteiger partial charge in [-0.05, 0) is 17.7 Å². The van der Waals surface area contributed by atoms with Gasteiger partial charge in [-0.2, -0.15) is 5.10 Å². The van der Waals surface area contributed by atoms with Gasteiger partial charge in [-0.1, -0.05) is 60.3 Å². The molecule has 3 rings (SSSR count). The Kier molecular flexibility index (Phi) is 4.73. The minimum Gasteiger partial charge on any atom is -0.464 e. The Labute approximate surface area is 138 Å². The molecule has 0 amide bonds. The first-order chi connectivity index (χ1) is 11.3. The molecule has 5 nitrogen and oxygen atoms in total. The number of hydrazone groups is 1. The van der Waals surface area contributed by atoms with Gasteiger partial charge in [0.05, 0.1) is 18.0 Å². The molecule has 1 aliphatic heterocycles. The van der Waals surface area contributed by atoms with E-state index in [1.165, 1.54) is 18.9 Å². The Hall–Kier alpha value is -2.60. The van der Waals surface area contributed by atoms with E-state index in [2.05, 4.69) is 15.5 Å². The molecule has 1 aliphatic rings. The van der Waals surface area contributed by atoms with Crippen molar-refractivity contribution < 1.29 is 9.53 Å². The zero-order valence-electron chi connectivity index (χ0n) is 12.5. The van der Waals surface area contributed by atoms with Crippen LogP contribution in [-0.2, 0) is 9.53 Å². The summed E-state index contributed by atoms with van der Waals surface area (Å²) in [6, 6.07) is 19.3. The zero-order chi connectivity index (χ0) is 16.1. The average molecular weight is 325 g/mol. The quantitative estimate of drug-likeness (QED) is 0.880. The third-order valence-corrected chi connectivity index (χ3v) is 4.37. The first kappa shape index (κ1) is 15.3. The van der Waals surface area contributed by atoms with E-state index in [1.807, 2.05) is 60.7 Å². The Morgan fingerprint density at radius 1 is 1.13 bits per heavy atom. The van der Waals surface area contributed by atoms with E-state index < -0.39 is 5.97 Å². The van der Waals surface area contributed by atoms with Crippen molar-refractivity contribution in [2.24, 2.45) is 10.1 Å². The normalized spacial score (nSPS) is 18.9. The molecule has 6 heteroatoms. The largest absolute Gasteiger partial charge is 0.464 e. The summed E-state index contributed by atoms with van der Waals surface area (Å²) in [7, 11) is 1.35. The highest BCUT2D eigenvalue weighted by molar-refractivity contribution is 8.14. The van der Waals surface area contributed by atoms with E-state index >= 15 is 0 Å². The van der Waals surface area contributed by atoms with Crippen molar-refractivity contribution in [3.8, 4) is 0 Å². The maximum Gasteiger partial charge on any atom is 0.355 e. The molecule has 1 atom stereocenters. The van der Waals surface area contributed by atoms with Crippen LogP contribution in [0.5, 0.6) is 0 Å². The van der Waals surface area contributed by atoms with Gasteiger partial charge < -0.3 is 4.74 Å². The first-order valence-corrected chi connectivity index (χ1v) is 7.93. The number of ether oxygens (including phenoxy) is 1. The number of aliphatic imine (C=N–C) groups is 1. The van der Waals surface area contributed by atoms with E-state index in [0.29, 0.717) is 10.9 Å². The predicted molar refractivity (Wildman–Crippen MR) is 92.9 cm³/mol. The van der Waals surface area contributed by atoms with Gasteiger partial charge >= 0.3 is 5.97 Å². The van der Waals surface area contributed by atoms with Gasteiger partial charge in [0.2, 0.25) is 0 Å². The van der Waals surface area contributed by atoms with Gasteiger partial charge in [0, 0.05) is 0 Å². The number of carbonyl (C=O) groups excluding carboxylic acids is 1. The van der Waals surface area contributed by atoms with Crippen molar-refractivity contribution in [2.45, 2.75) is 5.25 Å². The van der Waals surface area contributed by atoms with Crippen molar-refractivity contribution in [3.63, 3.8) is 0 Å². The molecule has 0 bridgehead atoms. The van der Waals surface area contributed by atoms with Crippen LogP contribution < -0.4 is 5.43 Å². The maximum absolute atomic E-state index is 12.0. The standard InChI is InChI=1S/C17H15N3O2S/c1-22-16(21)14-15(12-8-4-2-5-9-12)23-17(20-19-14)18-13-10-6-3-7-11-13/h2-11,15H,1H3,(H,18,20)/t15-/m0/s1. The molecule has 0 spiro atoms. The zero-order valence-corrected chi connectivity index (χ0v) is 13.3. The summed E-state index contributed by atoms with van der Waals surface area (Å²) in [5.74, 6) is -0.447. The van der Waals surface area contributed by atoms with Gasteiger partial charge in [0.1, 0.15) is 0 Å². The molecular weight excluding hydrogens is 310 g/mol. The van der Waals surface area contributed by atoms with E-state index in [9.17, 15) is 4.79 Å². The number of thioether (sulfide) groups is 1. The van der Waals surface area contributed by atoms with Gasteiger partial charge in [-0.25, -0.2) is 9.79 Å². The summed E-state index contributed by atoms with van der Waals surface area (Å²) < 4.78 is 4.83. The minimum absolute atomic E-state index is 0.257. The molecular formula is C17H15N3O2S. The molecule has 0 aliphatic carbocycles. The number of rotatable bonds is 3. The van der Waals surface area contributed by atoms with Crippen LogP contribution in [0.15, 0.2) is 70.8 Å². The number of hydrogen-bond donors (Lipinski definition) is 1. The second-order valence-corrected chi connectivity index (χ2v) is 5.86. The number of amidine groups is 1. The molecule has 116 valence electrons. The first-order valence-electron chi connectivity index (χ1n) is 7.05. The number of esters is 1. The second kappa shape index (κ2) is 7.11. The van der Waals surface area contributed by atoms with Crippen molar-refractivity contribution in [1.82, 2.24) is 5.43 Å². The third kappa shape index (κ3) is 3.60. The molecule has 0 saturated carbocycles. The Bertz CT molecular complexity index is 745. The maximum atomic E-state index is 12.0. The number of nitrogens with zero attached hydrogens (tertiary/aromatic N) is 2.